The zero-order chi connectivity index (χ0) is 16.8. The van der Waals surface area contributed by atoms with E-state index in [2.05, 4.69) is 45.4 Å². The van der Waals surface area contributed by atoms with Crippen LogP contribution in [0.2, 0.25) is 0 Å². The number of hydrogen-bond acceptors (Lipinski definition) is 3. The highest BCUT2D eigenvalue weighted by atomic mass is 79.9. The second-order valence-electron chi connectivity index (χ2n) is 5.96. The molecule has 122 valence electrons. The van der Waals surface area contributed by atoms with Crippen LogP contribution in [0.3, 0.4) is 0 Å². The third kappa shape index (κ3) is 5.36. The molecule has 2 aromatic rings. The molecule has 1 aromatic heterocycles. The maximum absolute atomic E-state index is 12.2. The van der Waals surface area contributed by atoms with E-state index in [0.29, 0.717) is 23.8 Å². The highest BCUT2D eigenvalue weighted by Crippen LogP contribution is 2.22. The SMILES string of the molecule is Cc1cc(Nc2cc(C(=O)NCCC(C)C)ccn2)ccc1Br. The first-order valence-electron chi connectivity index (χ1n) is 7.73. The molecule has 0 aliphatic rings. The van der Waals surface area contributed by atoms with Crippen LogP contribution in [-0.2, 0) is 0 Å². The monoisotopic (exact) mass is 375 g/mol. The second-order valence-corrected chi connectivity index (χ2v) is 6.81. The molecule has 2 rings (SSSR count). The number of halogens is 1. The van der Waals surface area contributed by atoms with E-state index in [-0.39, 0.29) is 5.91 Å². The van der Waals surface area contributed by atoms with Crippen LogP contribution < -0.4 is 10.6 Å². The smallest absolute Gasteiger partial charge is 0.251 e. The van der Waals surface area contributed by atoms with Crippen LogP contribution in [0, 0.1) is 12.8 Å². The highest BCUT2D eigenvalue weighted by molar-refractivity contribution is 9.10. The van der Waals surface area contributed by atoms with Gasteiger partial charge in [0.05, 0.1) is 0 Å². The number of aryl methyl sites for hydroxylation is 1. The van der Waals surface area contributed by atoms with Gasteiger partial charge >= 0.3 is 0 Å². The number of anilines is 2. The molecule has 1 amide bonds. The van der Waals surface area contributed by atoms with Gasteiger partial charge in [-0.2, -0.15) is 0 Å². The van der Waals surface area contributed by atoms with Gasteiger partial charge in [0, 0.05) is 28.5 Å². The number of amides is 1. The van der Waals surface area contributed by atoms with Crippen LogP contribution in [0.5, 0.6) is 0 Å². The lowest BCUT2D eigenvalue weighted by atomic mass is 10.1. The summed E-state index contributed by atoms with van der Waals surface area (Å²) < 4.78 is 1.06. The Labute approximate surface area is 145 Å². The largest absolute Gasteiger partial charge is 0.352 e. The summed E-state index contributed by atoms with van der Waals surface area (Å²) in [5, 5.41) is 6.17. The molecule has 0 aliphatic heterocycles. The minimum absolute atomic E-state index is 0.0666. The van der Waals surface area contributed by atoms with Crippen molar-refractivity contribution in [2.75, 3.05) is 11.9 Å². The maximum Gasteiger partial charge on any atom is 0.251 e. The molecular formula is C18H22BrN3O. The molecule has 1 aromatic carbocycles. The van der Waals surface area contributed by atoms with E-state index < -0.39 is 0 Å². The third-order valence-electron chi connectivity index (χ3n) is 3.46. The lowest BCUT2D eigenvalue weighted by Crippen LogP contribution is -2.25. The number of carbonyl (C=O) groups is 1. The minimum Gasteiger partial charge on any atom is -0.352 e. The predicted octanol–water partition coefficient (Wildman–Crippen LogP) is 4.67. The van der Waals surface area contributed by atoms with E-state index in [9.17, 15) is 4.79 Å². The molecule has 0 saturated heterocycles. The first kappa shape index (κ1) is 17.5. The summed E-state index contributed by atoms with van der Waals surface area (Å²) in [5.41, 5.74) is 2.69. The van der Waals surface area contributed by atoms with Gasteiger partial charge in [0.2, 0.25) is 0 Å². The standard InChI is InChI=1S/C18H22BrN3O/c1-12(2)6-8-21-18(23)14-7-9-20-17(11-14)22-15-4-5-16(19)13(3)10-15/h4-5,7,9-12H,6,8H2,1-3H3,(H,20,22)(H,21,23). The zero-order valence-corrected chi connectivity index (χ0v) is 15.3. The number of nitrogens with zero attached hydrogens (tertiary/aromatic N) is 1. The Morgan fingerprint density at radius 2 is 2.04 bits per heavy atom. The van der Waals surface area contributed by atoms with Crippen molar-refractivity contribution >= 4 is 33.3 Å². The van der Waals surface area contributed by atoms with Crippen molar-refractivity contribution in [1.82, 2.24) is 10.3 Å². The first-order valence-corrected chi connectivity index (χ1v) is 8.52. The van der Waals surface area contributed by atoms with Crippen molar-refractivity contribution in [1.29, 1.82) is 0 Å². The molecule has 0 aliphatic carbocycles. The fourth-order valence-corrected chi connectivity index (χ4v) is 2.33. The van der Waals surface area contributed by atoms with Crippen molar-refractivity contribution < 1.29 is 4.79 Å². The summed E-state index contributed by atoms with van der Waals surface area (Å²) in [6.45, 7) is 7.00. The van der Waals surface area contributed by atoms with E-state index in [4.69, 9.17) is 0 Å². The number of aromatic nitrogens is 1. The molecular weight excluding hydrogens is 354 g/mol. The second kappa shape index (κ2) is 8.11. The van der Waals surface area contributed by atoms with Gasteiger partial charge in [0.25, 0.3) is 5.91 Å². The maximum atomic E-state index is 12.2. The molecule has 0 unspecified atom stereocenters. The van der Waals surface area contributed by atoms with Crippen molar-refractivity contribution in [3.63, 3.8) is 0 Å². The van der Waals surface area contributed by atoms with Crippen LogP contribution in [0.4, 0.5) is 11.5 Å². The Bertz CT molecular complexity index is 686. The number of nitrogens with one attached hydrogen (secondary N) is 2. The lowest BCUT2D eigenvalue weighted by molar-refractivity contribution is 0.0952. The van der Waals surface area contributed by atoms with Gasteiger partial charge in [-0.05, 0) is 55.2 Å². The fourth-order valence-electron chi connectivity index (χ4n) is 2.09. The van der Waals surface area contributed by atoms with E-state index in [0.717, 1.165) is 22.1 Å². The van der Waals surface area contributed by atoms with E-state index in [1.165, 1.54) is 0 Å². The molecule has 0 radical (unpaired) electrons. The summed E-state index contributed by atoms with van der Waals surface area (Å²) in [5.74, 6) is 1.16. The van der Waals surface area contributed by atoms with Crippen LogP contribution in [0.25, 0.3) is 0 Å². The van der Waals surface area contributed by atoms with Gasteiger partial charge in [-0.15, -0.1) is 0 Å². The Kier molecular flexibility index (Phi) is 6.16. The average Bonchev–Trinajstić information content (AvgIpc) is 2.51. The van der Waals surface area contributed by atoms with Gasteiger partial charge < -0.3 is 10.6 Å². The molecule has 1 heterocycles. The number of rotatable bonds is 6. The number of hydrogen-bond donors (Lipinski definition) is 2. The van der Waals surface area contributed by atoms with Crippen LogP contribution in [0.1, 0.15) is 36.2 Å². The Morgan fingerprint density at radius 1 is 1.26 bits per heavy atom. The molecule has 5 heteroatoms. The van der Waals surface area contributed by atoms with Crippen molar-refractivity contribution in [2.45, 2.75) is 27.2 Å². The summed E-state index contributed by atoms with van der Waals surface area (Å²) in [6, 6.07) is 9.47. The van der Waals surface area contributed by atoms with E-state index in [1.54, 1.807) is 18.3 Å². The zero-order valence-electron chi connectivity index (χ0n) is 13.7. The van der Waals surface area contributed by atoms with Gasteiger partial charge in [-0.3, -0.25) is 4.79 Å². The van der Waals surface area contributed by atoms with Crippen molar-refractivity contribution in [2.24, 2.45) is 5.92 Å². The molecule has 4 nitrogen and oxygen atoms in total. The van der Waals surface area contributed by atoms with Crippen LogP contribution in [-0.4, -0.2) is 17.4 Å². The Hall–Kier alpha value is -1.88. The predicted molar refractivity (Wildman–Crippen MR) is 98.2 cm³/mol. The van der Waals surface area contributed by atoms with Crippen molar-refractivity contribution in [3.8, 4) is 0 Å². The van der Waals surface area contributed by atoms with Gasteiger partial charge in [0.1, 0.15) is 5.82 Å². The number of pyridine rings is 1. The summed E-state index contributed by atoms with van der Waals surface area (Å²) in [7, 11) is 0. The van der Waals surface area contributed by atoms with Crippen LogP contribution in [0.15, 0.2) is 41.0 Å². The van der Waals surface area contributed by atoms with Crippen molar-refractivity contribution in [3.05, 3.63) is 52.1 Å². The quantitative estimate of drug-likeness (QED) is 0.770. The molecule has 23 heavy (non-hydrogen) atoms. The highest BCUT2D eigenvalue weighted by Gasteiger charge is 2.07. The molecule has 0 fully saturated rings. The minimum atomic E-state index is -0.0666. The van der Waals surface area contributed by atoms with E-state index >= 15 is 0 Å². The van der Waals surface area contributed by atoms with Gasteiger partial charge in [0.15, 0.2) is 0 Å². The van der Waals surface area contributed by atoms with E-state index in [1.807, 2.05) is 25.1 Å². The first-order chi connectivity index (χ1) is 11.0. The van der Waals surface area contributed by atoms with Crippen LogP contribution >= 0.6 is 15.9 Å². The summed E-state index contributed by atoms with van der Waals surface area (Å²) >= 11 is 3.48. The molecule has 2 N–H and O–H groups in total. The normalized spacial score (nSPS) is 10.7. The Morgan fingerprint density at radius 3 is 2.74 bits per heavy atom. The number of benzene rings is 1. The summed E-state index contributed by atoms with van der Waals surface area (Å²) in [6.07, 6.45) is 2.62. The lowest BCUT2D eigenvalue weighted by Gasteiger charge is -2.10. The molecule has 0 spiro atoms. The number of carbonyl (C=O) groups excluding carboxylic acids is 1. The molecule has 0 saturated carbocycles. The molecule has 0 bridgehead atoms. The molecule has 0 atom stereocenters. The topological polar surface area (TPSA) is 54.0 Å². The average molecular weight is 376 g/mol. The Balaban J connectivity index is 2.04. The summed E-state index contributed by atoms with van der Waals surface area (Å²) in [4.78, 5) is 16.4. The van der Waals surface area contributed by atoms with Gasteiger partial charge in [-0.1, -0.05) is 29.8 Å². The third-order valence-corrected chi connectivity index (χ3v) is 4.35. The fraction of sp³-hybridized carbons (Fsp3) is 0.333. The van der Waals surface area contributed by atoms with Gasteiger partial charge in [-0.25, -0.2) is 4.98 Å².